The first-order chi connectivity index (χ1) is 14.1. The van der Waals surface area contributed by atoms with Crippen LogP contribution < -0.4 is 10.3 Å². The van der Waals surface area contributed by atoms with Crippen molar-refractivity contribution < 1.29 is 9.53 Å². The molecule has 2 aliphatic rings. The van der Waals surface area contributed by atoms with Crippen LogP contribution in [-0.4, -0.2) is 35.6 Å². The van der Waals surface area contributed by atoms with Gasteiger partial charge in [-0.25, -0.2) is 0 Å². The molecule has 5 nitrogen and oxygen atoms in total. The van der Waals surface area contributed by atoms with Crippen molar-refractivity contribution in [2.45, 2.75) is 18.9 Å². The van der Waals surface area contributed by atoms with Gasteiger partial charge in [0.1, 0.15) is 5.75 Å². The standard InChI is InChI=1S/C23H22N2O3S/c1-28-18-6-4-16(5-7-18)19-8-9-21(26)25-13-15-11-17(22(19)25)14-24(12-15)23(27)20-3-2-10-29-20/h2-10,15,17H,11-14H2,1H3/t15-,17-/m0/s1. The highest BCUT2D eigenvalue weighted by atomic mass is 32.1. The van der Waals surface area contributed by atoms with Crippen LogP contribution in [0.4, 0.5) is 0 Å². The predicted molar refractivity (Wildman–Crippen MR) is 114 cm³/mol. The van der Waals surface area contributed by atoms with Crippen LogP contribution in [0, 0.1) is 5.92 Å². The summed E-state index contributed by atoms with van der Waals surface area (Å²) in [7, 11) is 1.65. The summed E-state index contributed by atoms with van der Waals surface area (Å²) in [6.45, 7) is 2.04. The lowest BCUT2D eigenvalue weighted by Crippen LogP contribution is -2.49. The predicted octanol–water partition coefficient (Wildman–Crippen LogP) is 3.84. The van der Waals surface area contributed by atoms with Crippen LogP contribution in [0.15, 0.2) is 58.7 Å². The summed E-state index contributed by atoms with van der Waals surface area (Å²) < 4.78 is 7.22. The van der Waals surface area contributed by atoms with Crippen molar-refractivity contribution in [3.8, 4) is 16.9 Å². The van der Waals surface area contributed by atoms with Crippen LogP contribution in [0.2, 0.25) is 0 Å². The molecular weight excluding hydrogens is 384 g/mol. The number of nitrogens with zero attached hydrogens (tertiary/aromatic N) is 2. The van der Waals surface area contributed by atoms with E-state index in [0.717, 1.165) is 33.9 Å². The third-order valence-corrected chi connectivity index (χ3v) is 6.87. The maximum Gasteiger partial charge on any atom is 0.263 e. The Morgan fingerprint density at radius 3 is 2.62 bits per heavy atom. The Kier molecular flexibility index (Phi) is 4.51. The fraction of sp³-hybridized carbons (Fsp3) is 0.304. The minimum Gasteiger partial charge on any atom is -0.497 e. The van der Waals surface area contributed by atoms with E-state index >= 15 is 0 Å². The number of likely N-dealkylation sites (tertiary alicyclic amines) is 1. The highest BCUT2D eigenvalue weighted by Crippen LogP contribution is 2.40. The summed E-state index contributed by atoms with van der Waals surface area (Å²) in [4.78, 5) is 28.4. The van der Waals surface area contributed by atoms with Gasteiger partial charge >= 0.3 is 0 Å². The van der Waals surface area contributed by atoms with Crippen LogP contribution in [0.3, 0.4) is 0 Å². The minimum atomic E-state index is 0.0463. The van der Waals surface area contributed by atoms with Gasteiger partial charge in [0.15, 0.2) is 0 Å². The number of hydrogen-bond donors (Lipinski definition) is 0. The molecule has 0 spiro atoms. The molecule has 2 aliphatic heterocycles. The van der Waals surface area contributed by atoms with Gasteiger partial charge in [-0.1, -0.05) is 18.2 Å². The van der Waals surface area contributed by atoms with E-state index in [1.807, 2.05) is 57.3 Å². The van der Waals surface area contributed by atoms with E-state index in [1.54, 1.807) is 13.2 Å². The summed E-state index contributed by atoms with van der Waals surface area (Å²) in [5, 5.41) is 1.94. The average molecular weight is 407 g/mol. The summed E-state index contributed by atoms with van der Waals surface area (Å²) in [6.07, 6.45) is 1.01. The topological polar surface area (TPSA) is 51.5 Å². The van der Waals surface area contributed by atoms with E-state index in [4.69, 9.17) is 4.74 Å². The van der Waals surface area contributed by atoms with Gasteiger partial charge in [-0.2, -0.15) is 0 Å². The zero-order chi connectivity index (χ0) is 20.0. The maximum atomic E-state index is 13.0. The van der Waals surface area contributed by atoms with Crippen molar-refractivity contribution in [3.05, 3.63) is 74.8 Å². The van der Waals surface area contributed by atoms with Crippen molar-refractivity contribution >= 4 is 17.2 Å². The van der Waals surface area contributed by atoms with Gasteiger partial charge in [-0.15, -0.1) is 11.3 Å². The number of aromatic nitrogens is 1. The number of amides is 1. The van der Waals surface area contributed by atoms with Crippen molar-refractivity contribution in [3.63, 3.8) is 0 Å². The van der Waals surface area contributed by atoms with E-state index in [1.165, 1.54) is 11.3 Å². The third-order valence-electron chi connectivity index (χ3n) is 6.01. The first kappa shape index (κ1) is 18.2. The summed E-state index contributed by atoms with van der Waals surface area (Å²) in [5.41, 5.74) is 3.24. The molecule has 2 bridgehead atoms. The van der Waals surface area contributed by atoms with Crippen LogP contribution in [0.1, 0.15) is 27.7 Å². The van der Waals surface area contributed by atoms with Gasteiger partial charge in [0, 0.05) is 42.9 Å². The number of methoxy groups -OCH3 is 1. The Morgan fingerprint density at radius 2 is 1.90 bits per heavy atom. The highest BCUT2D eigenvalue weighted by molar-refractivity contribution is 7.12. The fourth-order valence-corrected chi connectivity index (χ4v) is 5.44. The molecule has 29 heavy (non-hydrogen) atoms. The monoisotopic (exact) mass is 406 g/mol. The summed E-state index contributed by atoms with van der Waals surface area (Å²) in [5.74, 6) is 1.39. The SMILES string of the molecule is COc1ccc(-c2ccc(=O)n3c2[C@H]2C[C@@H](CN(C(=O)c4cccs4)C2)C3)cc1. The second kappa shape index (κ2) is 7.19. The van der Waals surface area contributed by atoms with Crippen molar-refractivity contribution in [1.29, 1.82) is 0 Å². The largest absolute Gasteiger partial charge is 0.497 e. The molecule has 0 unspecified atom stereocenters. The molecule has 1 fully saturated rings. The molecule has 0 aliphatic carbocycles. The lowest BCUT2D eigenvalue weighted by atomic mass is 9.80. The number of benzene rings is 1. The van der Waals surface area contributed by atoms with Gasteiger partial charge in [0.25, 0.3) is 11.5 Å². The lowest BCUT2D eigenvalue weighted by Gasteiger charge is -2.43. The average Bonchev–Trinajstić information content (AvgIpc) is 3.29. The van der Waals surface area contributed by atoms with Gasteiger partial charge in [-0.3, -0.25) is 9.59 Å². The van der Waals surface area contributed by atoms with Gasteiger partial charge in [0.05, 0.1) is 12.0 Å². The molecule has 3 aromatic rings. The lowest BCUT2D eigenvalue weighted by molar-refractivity contribution is 0.0600. The Bertz CT molecular complexity index is 1100. The van der Waals surface area contributed by atoms with Crippen LogP contribution in [-0.2, 0) is 6.54 Å². The highest BCUT2D eigenvalue weighted by Gasteiger charge is 2.38. The number of piperidine rings is 1. The molecule has 2 aromatic heterocycles. The van der Waals surface area contributed by atoms with Crippen molar-refractivity contribution in [1.82, 2.24) is 9.47 Å². The quantitative estimate of drug-likeness (QED) is 0.664. The second-order valence-electron chi connectivity index (χ2n) is 7.80. The van der Waals surface area contributed by atoms with Crippen LogP contribution in [0.5, 0.6) is 5.75 Å². The smallest absolute Gasteiger partial charge is 0.263 e. The second-order valence-corrected chi connectivity index (χ2v) is 8.74. The Labute approximate surface area is 173 Å². The maximum absolute atomic E-state index is 13.0. The first-order valence-electron chi connectivity index (χ1n) is 9.85. The van der Waals surface area contributed by atoms with E-state index in [2.05, 4.69) is 0 Å². The molecule has 6 heteroatoms. The molecule has 0 radical (unpaired) electrons. The molecule has 2 atom stereocenters. The Morgan fingerprint density at radius 1 is 1.07 bits per heavy atom. The van der Waals surface area contributed by atoms with E-state index in [-0.39, 0.29) is 17.4 Å². The molecule has 5 rings (SSSR count). The molecule has 148 valence electrons. The van der Waals surface area contributed by atoms with Crippen LogP contribution in [0.25, 0.3) is 11.1 Å². The van der Waals surface area contributed by atoms with Crippen LogP contribution >= 0.6 is 11.3 Å². The molecule has 1 amide bonds. The zero-order valence-corrected chi connectivity index (χ0v) is 17.0. The number of carbonyl (C=O) groups is 1. The number of thiophene rings is 1. The van der Waals surface area contributed by atoms with Crippen molar-refractivity contribution in [2.24, 2.45) is 5.92 Å². The first-order valence-corrected chi connectivity index (χ1v) is 10.7. The summed E-state index contributed by atoms with van der Waals surface area (Å²) >= 11 is 1.49. The van der Waals surface area contributed by atoms with Gasteiger partial charge in [0.2, 0.25) is 0 Å². The normalized spacial score (nSPS) is 20.2. The molecule has 0 saturated carbocycles. The Hall–Kier alpha value is -2.86. The molecule has 0 N–H and O–H groups in total. The molecule has 1 saturated heterocycles. The number of rotatable bonds is 3. The van der Waals surface area contributed by atoms with E-state index in [0.29, 0.717) is 25.6 Å². The Balaban J connectivity index is 1.54. The van der Waals surface area contributed by atoms with E-state index < -0.39 is 0 Å². The number of carbonyl (C=O) groups excluding carboxylic acids is 1. The number of hydrogen-bond acceptors (Lipinski definition) is 4. The number of pyridine rings is 1. The minimum absolute atomic E-state index is 0.0463. The zero-order valence-electron chi connectivity index (χ0n) is 16.2. The molecule has 4 heterocycles. The van der Waals surface area contributed by atoms with Crippen molar-refractivity contribution in [2.75, 3.05) is 20.2 Å². The van der Waals surface area contributed by atoms with Gasteiger partial charge < -0.3 is 14.2 Å². The number of fused-ring (bicyclic) bond motifs is 4. The van der Waals surface area contributed by atoms with E-state index in [9.17, 15) is 9.59 Å². The fourth-order valence-electron chi connectivity index (χ4n) is 4.75. The van der Waals surface area contributed by atoms with Gasteiger partial charge in [-0.05, 0) is 47.5 Å². The third kappa shape index (κ3) is 3.17. The number of ether oxygens (including phenoxy) is 1. The molecular formula is C23H22N2O3S. The molecule has 1 aromatic carbocycles. The summed E-state index contributed by atoms with van der Waals surface area (Å²) in [6, 6.07) is 15.3.